The molecule has 0 spiro atoms. The number of Topliss-reactive ketones (excluding diaryl/α,β-unsaturated/α-hetero) is 1. The Kier molecular flexibility index (Phi) is 5.00. The van der Waals surface area contributed by atoms with E-state index in [-0.39, 0.29) is 35.2 Å². The molecular weight excluding hydrogens is 413 g/mol. The summed E-state index contributed by atoms with van der Waals surface area (Å²) in [5.74, 6) is -1.54. The van der Waals surface area contributed by atoms with Crippen molar-refractivity contribution in [3.05, 3.63) is 52.0 Å². The Morgan fingerprint density at radius 3 is 2.55 bits per heavy atom. The average molecular weight is 426 g/mol. The number of nitriles is 1. The van der Waals surface area contributed by atoms with Crippen LogP contribution in [0.2, 0.25) is 0 Å². The highest BCUT2D eigenvalue weighted by atomic mass is 32.2. The van der Waals surface area contributed by atoms with Crippen LogP contribution in [-0.2, 0) is 22.6 Å². The number of alkyl halides is 3. The van der Waals surface area contributed by atoms with E-state index in [0.29, 0.717) is 18.9 Å². The van der Waals surface area contributed by atoms with E-state index in [0.717, 1.165) is 6.07 Å². The van der Waals surface area contributed by atoms with Gasteiger partial charge in [0.15, 0.2) is 11.5 Å². The van der Waals surface area contributed by atoms with Crippen LogP contribution in [-0.4, -0.2) is 20.1 Å². The van der Waals surface area contributed by atoms with Crippen molar-refractivity contribution in [1.82, 2.24) is 4.72 Å². The molecule has 1 heterocycles. The minimum Gasteiger partial charge on any atom is -0.455 e. The van der Waals surface area contributed by atoms with Crippen LogP contribution in [0.25, 0.3) is 0 Å². The van der Waals surface area contributed by atoms with E-state index in [1.165, 1.54) is 13.0 Å². The van der Waals surface area contributed by atoms with Crippen LogP contribution in [0.3, 0.4) is 0 Å². The summed E-state index contributed by atoms with van der Waals surface area (Å²) in [7, 11) is -4.70. The number of furan rings is 1. The van der Waals surface area contributed by atoms with Gasteiger partial charge in [-0.05, 0) is 31.5 Å². The number of rotatable bonds is 3. The van der Waals surface area contributed by atoms with Crippen molar-refractivity contribution < 1.29 is 35.6 Å². The third kappa shape index (κ3) is 3.75. The minimum absolute atomic E-state index is 0.174. The minimum atomic E-state index is -4.96. The topological polar surface area (TPSA) is 117 Å². The van der Waals surface area contributed by atoms with Gasteiger partial charge in [-0.1, -0.05) is 0 Å². The maximum atomic E-state index is 13.1. The molecule has 0 saturated heterocycles. The molecule has 2 aromatic rings. The first kappa shape index (κ1) is 20.6. The number of hydrogen-bond donors (Lipinski definition) is 1. The fourth-order valence-corrected chi connectivity index (χ4v) is 4.09. The van der Waals surface area contributed by atoms with Gasteiger partial charge in [0.2, 0.25) is 0 Å². The number of halogens is 3. The molecule has 0 unspecified atom stereocenters. The summed E-state index contributed by atoms with van der Waals surface area (Å²) < 4.78 is 71.1. The van der Waals surface area contributed by atoms with Crippen LogP contribution in [0.5, 0.6) is 0 Å². The van der Waals surface area contributed by atoms with Crippen LogP contribution >= 0.6 is 0 Å². The van der Waals surface area contributed by atoms with Crippen molar-refractivity contribution in [1.29, 1.82) is 5.26 Å². The third-order valence-electron chi connectivity index (χ3n) is 4.47. The molecule has 1 aromatic carbocycles. The maximum Gasteiger partial charge on any atom is 0.417 e. The van der Waals surface area contributed by atoms with E-state index < -0.39 is 43.9 Å². The number of ketones is 1. The van der Waals surface area contributed by atoms with Gasteiger partial charge in [-0.3, -0.25) is 9.59 Å². The second kappa shape index (κ2) is 7.04. The molecular formula is C18H13F3N2O5S. The molecule has 1 aliphatic carbocycles. The second-order valence-electron chi connectivity index (χ2n) is 6.38. The van der Waals surface area contributed by atoms with Crippen molar-refractivity contribution in [2.75, 3.05) is 0 Å². The van der Waals surface area contributed by atoms with E-state index in [1.54, 1.807) is 4.72 Å². The number of nitrogens with one attached hydrogen (secondary N) is 1. The highest BCUT2D eigenvalue weighted by Gasteiger charge is 2.36. The first-order chi connectivity index (χ1) is 13.5. The van der Waals surface area contributed by atoms with Crippen molar-refractivity contribution in [2.45, 2.75) is 37.3 Å². The summed E-state index contributed by atoms with van der Waals surface area (Å²) in [4.78, 5) is 23.6. The summed E-state index contributed by atoms with van der Waals surface area (Å²) in [5, 5.41) is 8.79. The maximum absolute atomic E-state index is 13.1. The molecule has 0 aliphatic heterocycles. The second-order valence-corrected chi connectivity index (χ2v) is 8.07. The van der Waals surface area contributed by atoms with Gasteiger partial charge >= 0.3 is 12.1 Å². The molecule has 0 fully saturated rings. The van der Waals surface area contributed by atoms with Crippen LogP contribution < -0.4 is 4.72 Å². The smallest absolute Gasteiger partial charge is 0.417 e. The van der Waals surface area contributed by atoms with E-state index in [4.69, 9.17) is 9.68 Å². The quantitative estimate of drug-likeness (QED) is 0.806. The summed E-state index contributed by atoms with van der Waals surface area (Å²) >= 11 is 0. The van der Waals surface area contributed by atoms with E-state index in [9.17, 15) is 31.2 Å². The Balaban J connectivity index is 1.96. The lowest BCUT2D eigenvalue weighted by Crippen LogP contribution is -2.31. The Bertz CT molecular complexity index is 1170. The van der Waals surface area contributed by atoms with Crippen molar-refractivity contribution in [3.63, 3.8) is 0 Å². The van der Waals surface area contributed by atoms with Crippen molar-refractivity contribution in [3.8, 4) is 6.07 Å². The number of carbonyl (C=O) groups excluding carboxylic acids is 2. The molecule has 1 amide bonds. The van der Waals surface area contributed by atoms with Crippen LogP contribution in [0.15, 0.2) is 27.5 Å². The van der Waals surface area contributed by atoms with Gasteiger partial charge in [0.1, 0.15) is 5.76 Å². The van der Waals surface area contributed by atoms with Crippen LogP contribution in [0.1, 0.15) is 56.2 Å². The Morgan fingerprint density at radius 1 is 1.28 bits per heavy atom. The standard InChI is InChI=1S/C18H13F3N2O5S/c1-9-15-13(24)3-2-4-14(15)28-16(9)17(25)23-29(26,27)11-6-5-10(8-22)12(7-11)18(19,20)21/h5-7H,2-4H2,1H3,(H,23,25). The Hall–Kier alpha value is -3.13. The van der Waals surface area contributed by atoms with E-state index in [2.05, 4.69) is 0 Å². The molecule has 0 bridgehead atoms. The van der Waals surface area contributed by atoms with Gasteiger partial charge in [0.05, 0.1) is 27.7 Å². The first-order valence-corrected chi connectivity index (χ1v) is 9.78. The Labute approximate surface area is 163 Å². The third-order valence-corrected chi connectivity index (χ3v) is 5.80. The van der Waals surface area contributed by atoms with Gasteiger partial charge < -0.3 is 4.42 Å². The van der Waals surface area contributed by atoms with Gasteiger partial charge in [0.25, 0.3) is 10.0 Å². The molecule has 3 rings (SSSR count). The number of hydrogen-bond acceptors (Lipinski definition) is 6. The van der Waals surface area contributed by atoms with E-state index >= 15 is 0 Å². The largest absolute Gasteiger partial charge is 0.455 e. The number of aryl methyl sites for hydroxylation is 1. The molecule has 0 saturated carbocycles. The van der Waals surface area contributed by atoms with Crippen molar-refractivity contribution >= 4 is 21.7 Å². The van der Waals surface area contributed by atoms with Crippen LogP contribution in [0, 0.1) is 18.3 Å². The number of amides is 1. The zero-order valence-corrected chi connectivity index (χ0v) is 15.7. The van der Waals surface area contributed by atoms with Gasteiger partial charge in [0, 0.05) is 18.4 Å². The lowest BCUT2D eigenvalue weighted by Gasteiger charge is -2.11. The zero-order chi connectivity index (χ0) is 21.6. The predicted molar refractivity (Wildman–Crippen MR) is 91.5 cm³/mol. The fraction of sp³-hybridized carbons (Fsp3) is 0.278. The van der Waals surface area contributed by atoms with Crippen LogP contribution in [0.4, 0.5) is 13.2 Å². The molecule has 7 nitrogen and oxygen atoms in total. The number of benzene rings is 1. The average Bonchev–Trinajstić information content (AvgIpc) is 2.98. The number of fused-ring (bicyclic) bond motifs is 1. The highest BCUT2D eigenvalue weighted by Crippen LogP contribution is 2.33. The van der Waals surface area contributed by atoms with Gasteiger partial charge in [-0.15, -0.1) is 0 Å². The lowest BCUT2D eigenvalue weighted by molar-refractivity contribution is -0.137. The number of nitrogens with zero attached hydrogens (tertiary/aromatic N) is 1. The normalized spacial score (nSPS) is 14.2. The molecule has 29 heavy (non-hydrogen) atoms. The lowest BCUT2D eigenvalue weighted by atomic mass is 9.94. The zero-order valence-electron chi connectivity index (χ0n) is 14.9. The molecule has 1 aliphatic rings. The van der Waals surface area contributed by atoms with E-state index in [1.807, 2.05) is 0 Å². The molecule has 0 radical (unpaired) electrons. The fourth-order valence-electron chi connectivity index (χ4n) is 3.12. The summed E-state index contributed by atoms with van der Waals surface area (Å²) in [6.07, 6.45) is -3.74. The Morgan fingerprint density at radius 2 is 1.97 bits per heavy atom. The van der Waals surface area contributed by atoms with Gasteiger partial charge in [-0.2, -0.15) is 18.4 Å². The molecule has 1 N–H and O–H groups in total. The number of sulfonamides is 1. The SMILES string of the molecule is Cc1c(C(=O)NS(=O)(=O)c2ccc(C#N)c(C(F)(F)F)c2)oc2c1C(=O)CCC2. The highest BCUT2D eigenvalue weighted by molar-refractivity contribution is 7.90. The summed E-state index contributed by atoms with van der Waals surface area (Å²) in [6.45, 7) is 1.43. The molecule has 1 aromatic heterocycles. The van der Waals surface area contributed by atoms with Crippen molar-refractivity contribution in [2.24, 2.45) is 0 Å². The molecule has 0 atom stereocenters. The molecule has 11 heteroatoms. The monoisotopic (exact) mass is 426 g/mol. The first-order valence-electron chi connectivity index (χ1n) is 8.29. The van der Waals surface area contributed by atoms with Gasteiger partial charge in [-0.25, -0.2) is 13.1 Å². The number of carbonyl (C=O) groups is 2. The summed E-state index contributed by atoms with van der Waals surface area (Å²) in [6, 6.07) is 3.10. The summed E-state index contributed by atoms with van der Waals surface area (Å²) in [5.41, 5.74) is -1.79. The molecule has 152 valence electrons. The predicted octanol–water partition coefficient (Wildman–Crippen LogP) is 3.12.